The van der Waals surface area contributed by atoms with Gasteiger partial charge in [-0.25, -0.2) is 0 Å². The molecule has 0 spiro atoms. The lowest BCUT2D eigenvalue weighted by molar-refractivity contribution is -0.0669. The van der Waals surface area contributed by atoms with Crippen molar-refractivity contribution in [2.45, 2.75) is 123 Å². The van der Waals surface area contributed by atoms with E-state index in [4.69, 9.17) is 4.43 Å². The van der Waals surface area contributed by atoms with Gasteiger partial charge < -0.3 is 9.53 Å². The van der Waals surface area contributed by atoms with Crippen LogP contribution in [0.2, 0.25) is 18.1 Å². The Morgan fingerprint density at radius 2 is 1.77 bits per heavy atom. The zero-order chi connectivity index (χ0) is 22.1. The minimum atomic E-state index is -1.70. The van der Waals surface area contributed by atoms with Gasteiger partial charge in [0.25, 0.3) is 0 Å². The normalized spacial score (nSPS) is 45.2. The summed E-state index contributed by atoms with van der Waals surface area (Å²) in [5, 5.41) is 10.7. The molecule has 3 fully saturated rings. The molecule has 4 aliphatic carbocycles. The van der Waals surface area contributed by atoms with Crippen molar-refractivity contribution in [1.29, 1.82) is 0 Å². The molecule has 0 aliphatic heterocycles. The van der Waals surface area contributed by atoms with Crippen LogP contribution >= 0.6 is 0 Å². The highest BCUT2D eigenvalue weighted by Crippen LogP contribution is 2.66. The first-order chi connectivity index (χ1) is 13.8. The number of hydrogen-bond donors (Lipinski definition) is 1. The third kappa shape index (κ3) is 3.50. The van der Waals surface area contributed by atoms with Crippen LogP contribution in [0.4, 0.5) is 0 Å². The van der Waals surface area contributed by atoms with E-state index in [1.807, 2.05) is 6.92 Å². The van der Waals surface area contributed by atoms with Crippen molar-refractivity contribution < 1.29 is 9.53 Å². The van der Waals surface area contributed by atoms with Gasteiger partial charge in [-0.3, -0.25) is 0 Å². The topological polar surface area (TPSA) is 29.5 Å². The first-order valence-electron chi connectivity index (χ1n) is 12.8. The van der Waals surface area contributed by atoms with Gasteiger partial charge in [-0.05, 0) is 111 Å². The number of rotatable bonds is 3. The second-order valence-corrected chi connectivity index (χ2v) is 18.2. The van der Waals surface area contributed by atoms with Crippen molar-refractivity contribution in [3.8, 4) is 0 Å². The van der Waals surface area contributed by atoms with Gasteiger partial charge in [0.15, 0.2) is 8.32 Å². The summed E-state index contributed by atoms with van der Waals surface area (Å²) in [5.74, 6) is 3.00. The van der Waals surface area contributed by atoms with E-state index >= 15 is 0 Å². The molecule has 0 aromatic carbocycles. The molecule has 0 heterocycles. The summed E-state index contributed by atoms with van der Waals surface area (Å²) < 4.78 is 6.87. The maximum absolute atomic E-state index is 10.4. The Morgan fingerprint density at radius 1 is 1.07 bits per heavy atom. The standard InChI is InChI=1S/C27H48O2Si/c1-18(28)22-11-12-23-21-10-9-19-17-20(29-30(7,8)25(2,3)4)13-15-26(19,5)24(21)14-16-27(22,23)6/h9,18,20-24,28H,10-17H2,1-8H3/t18-,20-,21-,22+,23-,24-,26-,27+/m0/s1. The van der Waals surface area contributed by atoms with Gasteiger partial charge in [0.1, 0.15) is 0 Å². The Bertz CT molecular complexity index is 689. The van der Waals surface area contributed by atoms with Crippen LogP contribution in [0.15, 0.2) is 11.6 Å². The van der Waals surface area contributed by atoms with Crippen molar-refractivity contribution in [1.82, 2.24) is 0 Å². The molecule has 172 valence electrons. The second-order valence-electron chi connectivity index (χ2n) is 13.5. The van der Waals surface area contributed by atoms with E-state index < -0.39 is 8.32 Å². The number of fused-ring (bicyclic) bond motifs is 5. The van der Waals surface area contributed by atoms with Crippen LogP contribution in [0.3, 0.4) is 0 Å². The van der Waals surface area contributed by atoms with Gasteiger partial charge in [0.2, 0.25) is 0 Å². The maximum atomic E-state index is 10.4. The van der Waals surface area contributed by atoms with E-state index in [2.05, 4.69) is 53.8 Å². The van der Waals surface area contributed by atoms with Gasteiger partial charge in [0.05, 0.1) is 6.10 Å². The molecule has 0 radical (unpaired) electrons. The molecular formula is C27H48O2Si. The molecule has 3 saturated carbocycles. The lowest BCUT2D eigenvalue weighted by Crippen LogP contribution is -2.52. The van der Waals surface area contributed by atoms with Crippen molar-refractivity contribution >= 4 is 8.32 Å². The molecule has 0 bridgehead atoms. The summed E-state index contributed by atoms with van der Waals surface area (Å²) in [4.78, 5) is 0. The predicted octanol–water partition coefficient (Wildman–Crippen LogP) is 7.34. The molecular weight excluding hydrogens is 384 g/mol. The van der Waals surface area contributed by atoms with E-state index in [-0.39, 0.29) is 11.1 Å². The molecule has 0 aromatic rings. The molecule has 30 heavy (non-hydrogen) atoms. The molecule has 0 saturated heterocycles. The van der Waals surface area contributed by atoms with Crippen LogP contribution in [-0.4, -0.2) is 25.6 Å². The molecule has 0 unspecified atom stereocenters. The molecule has 0 amide bonds. The summed E-state index contributed by atoms with van der Waals surface area (Å²) >= 11 is 0. The quantitative estimate of drug-likeness (QED) is 0.373. The third-order valence-corrected chi connectivity index (χ3v) is 15.5. The fourth-order valence-corrected chi connectivity index (χ4v) is 9.54. The fourth-order valence-electron chi connectivity index (χ4n) is 8.15. The minimum absolute atomic E-state index is 0.148. The van der Waals surface area contributed by atoms with E-state index in [9.17, 15) is 5.11 Å². The van der Waals surface area contributed by atoms with Gasteiger partial charge in [-0.1, -0.05) is 46.3 Å². The Hall–Kier alpha value is -0.123. The summed E-state index contributed by atoms with van der Waals surface area (Å²) in [6.45, 7) is 19.0. The Morgan fingerprint density at radius 3 is 2.40 bits per heavy atom. The third-order valence-electron chi connectivity index (χ3n) is 11.0. The molecule has 4 aliphatic rings. The van der Waals surface area contributed by atoms with Gasteiger partial charge in [-0.15, -0.1) is 0 Å². The highest BCUT2D eigenvalue weighted by atomic mass is 28.4. The Balaban J connectivity index is 1.53. The van der Waals surface area contributed by atoms with Crippen LogP contribution in [0.5, 0.6) is 0 Å². The van der Waals surface area contributed by atoms with E-state index in [1.165, 1.54) is 51.4 Å². The summed E-state index contributed by atoms with van der Waals surface area (Å²) in [5.41, 5.74) is 2.48. The smallest absolute Gasteiger partial charge is 0.192 e. The van der Waals surface area contributed by atoms with Gasteiger partial charge >= 0.3 is 0 Å². The van der Waals surface area contributed by atoms with Crippen LogP contribution in [0, 0.1) is 34.5 Å². The molecule has 0 aromatic heterocycles. The highest BCUT2D eigenvalue weighted by molar-refractivity contribution is 6.74. The minimum Gasteiger partial charge on any atom is -0.414 e. The van der Waals surface area contributed by atoms with E-state index in [1.54, 1.807) is 5.57 Å². The SMILES string of the molecule is C[C@H](O)[C@H]1CC[C@H]2[C@@H]3CC=C4C[C@@H](O[Si](C)(C)C(C)(C)C)CC[C@]4(C)[C@H]3CC[C@]12C. The lowest BCUT2D eigenvalue weighted by Gasteiger charge is -2.58. The zero-order valence-corrected chi connectivity index (χ0v) is 22.1. The van der Waals surface area contributed by atoms with Crippen LogP contribution in [-0.2, 0) is 4.43 Å². The molecule has 8 atom stereocenters. The summed E-state index contributed by atoms with van der Waals surface area (Å²) in [6.07, 6.45) is 13.2. The van der Waals surface area contributed by atoms with Crippen LogP contribution in [0.1, 0.15) is 92.9 Å². The van der Waals surface area contributed by atoms with Crippen molar-refractivity contribution in [3.63, 3.8) is 0 Å². The predicted molar refractivity (Wildman–Crippen MR) is 129 cm³/mol. The lowest BCUT2D eigenvalue weighted by atomic mass is 9.47. The highest BCUT2D eigenvalue weighted by Gasteiger charge is 2.59. The van der Waals surface area contributed by atoms with Gasteiger partial charge in [0, 0.05) is 6.10 Å². The summed E-state index contributed by atoms with van der Waals surface area (Å²) in [6, 6.07) is 0. The largest absolute Gasteiger partial charge is 0.414 e. The molecule has 3 heteroatoms. The number of allylic oxidation sites excluding steroid dienone is 1. The van der Waals surface area contributed by atoms with Gasteiger partial charge in [-0.2, -0.15) is 0 Å². The van der Waals surface area contributed by atoms with Crippen molar-refractivity contribution in [2.24, 2.45) is 34.5 Å². The van der Waals surface area contributed by atoms with Crippen LogP contribution < -0.4 is 0 Å². The second kappa shape index (κ2) is 7.45. The molecule has 4 rings (SSSR count). The molecule has 2 nitrogen and oxygen atoms in total. The first kappa shape index (κ1) is 23.0. The summed E-state index contributed by atoms with van der Waals surface area (Å²) in [7, 11) is -1.70. The Kier molecular flexibility index (Phi) is 5.73. The number of hydrogen-bond acceptors (Lipinski definition) is 2. The number of aliphatic hydroxyl groups excluding tert-OH is 1. The monoisotopic (exact) mass is 432 g/mol. The fraction of sp³-hybridized carbons (Fsp3) is 0.926. The average Bonchev–Trinajstić information content (AvgIpc) is 2.98. The first-order valence-corrected chi connectivity index (χ1v) is 15.8. The van der Waals surface area contributed by atoms with E-state index in [0.717, 1.165) is 17.8 Å². The van der Waals surface area contributed by atoms with Crippen LogP contribution in [0.25, 0.3) is 0 Å². The van der Waals surface area contributed by atoms with Crippen molar-refractivity contribution in [3.05, 3.63) is 11.6 Å². The molecule has 1 N–H and O–H groups in total. The van der Waals surface area contributed by atoms with Crippen molar-refractivity contribution in [2.75, 3.05) is 0 Å². The van der Waals surface area contributed by atoms with E-state index in [0.29, 0.717) is 22.9 Å². The average molecular weight is 433 g/mol. The maximum Gasteiger partial charge on any atom is 0.192 e. The Labute approximate surface area is 187 Å². The number of aliphatic hydroxyl groups is 1. The zero-order valence-electron chi connectivity index (χ0n) is 21.1.